The lowest BCUT2D eigenvalue weighted by Gasteiger charge is -2.30. The summed E-state index contributed by atoms with van der Waals surface area (Å²) in [6, 6.07) is 8.00. The molecule has 20 heavy (non-hydrogen) atoms. The van der Waals surface area contributed by atoms with Gasteiger partial charge in [-0.1, -0.05) is 23.8 Å². The second-order valence-electron chi connectivity index (χ2n) is 5.39. The Hall–Kier alpha value is -1.46. The van der Waals surface area contributed by atoms with Crippen molar-refractivity contribution in [1.29, 1.82) is 0 Å². The minimum atomic E-state index is -3.75. The van der Waals surface area contributed by atoms with Crippen LogP contribution in [0.1, 0.15) is 19.3 Å². The highest BCUT2D eigenvalue weighted by Crippen LogP contribution is 2.41. The first-order chi connectivity index (χ1) is 9.51. The number of ketones is 1. The predicted molar refractivity (Wildman–Crippen MR) is 73.9 cm³/mol. The molecule has 0 bridgehead atoms. The molecule has 0 unspecified atom stereocenters. The number of rotatable bonds is 2. The predicted octanol–water partition coefficient (Wildman–Crippen LogP) is 1.50. The van der Waals surface area contributed by atoms with E-state index >= 15 is 0 Å². The van der Waals surface area contributed by atoms with Gasteiger partial charge in [-0.15, -0.1) is 0 Å². The zero-order chi connectivity index (χ0) is 14.3. The average Bonchev–Trinajstić information content (AvgIpc) is 2.78. The maximum atomic E-state index is 12.7. The number of hydrogen-bond acceptors (Lipinski definition) is 4. The van der Waals surface area contributed by atoms with E-state index < -0.39 is 32.9 Å². The number of carbonyl (C=O) groups excluding carboxylic acids is 1. The van der Waals surface area contributed by atoms with E-state index in [2.05, 4.69) is 0 Å². The fraction of sp³-hybridized carbons (Fsp3) is 0.400. The largest absolute Gasteiger partial charge is 0.392 e. The smallest absolute Gasteiger partial charge is 0.189 e. The number of aliphatic hydroxyl groups is 1. The monoisotopic (exact) mass is 292 g/mol. The van der Waals surface area contributed by atoms with Crippen LogP contribution < -0.4 is 0 Å². The zero-order valence-electron chi connectivity index (χ0n) is 10.9. The van der Waals surface area contributed by atoms with Crippen LogP contribution in [0.5, 0.6) is 0 Å². The third-order valence-corrected chi connectivity index (χ3v) is 6.27. The minimum absolute atomic E-state index is 0.144. The van der Waals surface area contributed by atoms with Crippen molar-refractivity contribution in [3.05, 3.63) is 42.0 Å². The maximum Gasteiger partial charge on any atom is 0.189 e. The highest BCUT2D eigenvalue weighted by atomic mass is 32.2. The van der Waals surface area contributed by atoms with Crippen molar-refractivity contribution in [2.24, 2.45) is 5.92 Å². The van der Waals surface area contributed by atoms with Crippen LogP contribution in [0.4, 0.5) is 0 Å². The molecule has 0 heterocycles. The first-order valence-corrected chi connectivity index (χ1v) is 8.28. The molecule has 2 aliphatic rings. The Bertz CT molecular complexity index is 660. The van der Waals surface area contributed by atoms with Gasteiger partial charge in [0.15, 0.2) is 15.6 Å². The van der Waals surface area contributed by atoms with Gasteiger partial charge in [0.2, 0.25) is 0 Å². The summed E-state index contributed by atoms with van der Waals surface area (Å²) in [5, 5.41) is 8.96. The summed E-state index contributed by atoms with van der Waals surface area (Å²) in [7, 11) is -3.75. The number of hydrogen-bond donors (Lipinski definition) is 1. The van der Waals surface area contributed by atoms with Gasteiger partial charge in [-0.2, -0.15) is 0 Å². The van der Waals surface area contributed by atoms with E-state index in [1.807, 2.05) is 0 Å². The SMILES string of the molecule is O=C1C=C2CCC[C@H](O)[C@@H]2[C@H]1S(=O)(=O)c1ccccc1. The highest BCUT2D eigenvalue weighted by Gasteiger charge is 2.49. The molecule has 106 valence electrons. The molecule has 1 fully saturated rings. The lowest BCUT2D eigenvalue weighted by Crippen LogP contribution is -2.40. The van der Waals surface area contributed by atoms with Gasteiger partial charge in [0.1, 0.15) is 5.25 Å². The summed E-state index contributed by atoms with van der Waals surface area (Å²) in [5.74, 6) is -0.962. The second kappa shape index (κ2) is 4.82. The third-order valence-electron chi connectivity index (χ3n) is 4.15. The Balaban J connectivity index is 2.04. The number of aliphatic hydroxyl groups excluding tert-OH is 1. The normalized spacial score (nSPS) is 29.9. The minimum Gasteiger partial charge on any atom is -0.392 e. The van der Waals surface area contributed by atoms with Gasteiger partial charge in [0, 0.05) is 5.92 Å². The topological polar surface area (TPSA) is 71.4 Å². The van der Waals surface area contributed by atoms with Crippen LogP contribution in [0.2, 0.25) is 0 Å². The molecule has 4 nitrogen and oxygen atoms in total. The van der Waals surface area contributed by atoms with Gasteiger partial charge in [0.25, 0.3) is 0 Å². The van der Waals surface area contributed by atoms with Crippen LogP contribution in [0.25, 0.3) is 0 Å². The van der Waals surface area contributed by atoms with E-state index in [9.17, 15) is 18.3 Å². The van der Waals surface area contributed by atoms with Gasteiger partial charge in [-0.05, 0) is 37.5 Å². The molecule has 1 aromatic carbocycles. The van der Waals surface area contributed by atoms with E-state index in [1.165, 1.54) is 18.2 Å². The fourth-order valence-electron chi connectivity index (χ4n) is 3.22. The van der Waals surface area contributed by atoms with Crippen molar-refractivity contribution in [3.63, 3.8) is 0 Å². The van der Waals surface area contributed by atoms with Crippen molar-refractivity contribution in [3.8, 4) is 0 Å². The Labute approximate surface area is 118 Å². The fourth-order valence-corrected chi connectivity index (χ4v) is 5.16. The molecular formula is C15H16O4S. The quantitative estimate of drug-likeness (QED) is 0.896. The van der Waals surface area contributed by atoms with Crippen LogP contribution in [-0.4, -0.2) is 30.7 Å². The standard InChI is InChI=1S/C15H16O4S/c16-12-8-4-5-10-9-13(17)15(14(10)12)20(18,19)11-6-2-1-3-7-11/h1-3,6-7,9,12,14-16H,4-5,8H2/t12-,14+,15-/m0/s1. The highest BCUT2D eigenvalue weighted by molar-refractivity contribution is 7.93. The molecule has 0 spiro atoms. The molecule has 1 N–H and O–H groups in total. The molecule has 1 aromatic rings. The molecule has 0 saturated heterocycles. The van der Waals surface area contributed by atoms with Crippen LogP contribution in [0, 0.1) is 5.92 Å². The Morgan fingerprint density at radius 2 is 1.85 bits per heavy atom. The third kappa shape index (κ3) is 2.01. The van der Waals surface area contributed by atoms with E-state index in [1.54, 1.807) is 18.2 Å². The molecule has 0 aromatic heterocycles. The number of allylic oxidation sites excluding steroid dienone is 1. The maximum absolute atomic E-state index is 12.7. The van der Waals surface area contributed by atoms with Crippen LogP contribution in [0.15, 0.2) is 46.9 Å². The number of benzene rings is 1. The molecule has 3 rings (SSSR count). The van der Waals surface area contributed by atoms with Gasteiger partial charge in [0.05, 0.1) is 11.0 Å². The molecule has 2 aliphatic carbocycles. The Kier molecular flexibility index (Phi) is 3.26. The van der Waals surface area contributed by atoms with Gasteiger partial charge in [-0.25, -0.2) is 8.42 Å². The van der Waals surface area contributed by atoms with Gasteiger partial charge < -0.3 is 5.11 Å². The second-order valence-corrected chi connectivity index (χ2v) is 7.45. The first kappa shape index (κ1) is 13.5. The van der Waals surface area contributed by atoms with E-state index in [-0.39, 0.29) is 4.90 Å². The summed E-state index contributed by atoms with van der Waals surface area (Å²) in [6.45, 7) is 0. The summed E-state index contributed by atoms with van der Waals surface area (Å²) in [5.41, 5.74) is 0.790. The van der Waals surface area contributed by atoms with E-state index in [0.717, 1.165) is 12.0 Å². The molecule has 0 radical (unpaired) electrons. The summed E-state index contributed by atoms with van der Waals surface area (Å²) < 4.78 is 25.4. The van der Waals surface area contributed by atoms with E-state index in [0.29, 0.717) is 12.8 Å². The summed E-state index contributed by atoms with van der Waals surface area (Å²) in [4.78, 5) is 12.3. The molecular weight excluding hydrogens is 276 g/mol. The lowest BCUT2D eigenvalue weighted by molar-refractivity contribution is -0.114. The number of sulfone groups is 1. The first-order valence-electron chi connectivity index (χ1n) is 6.73. The summed E-state index contributed by atoms with van der Waals surface area (Å²) in [6.07, 6.45) is 2.74. The van der Waals surface area contributed by atoms with Gasteiger partial charge >= 0.3 is 0 Å². The van der Waals surface area contributed by atoms with Crippen LogP contribution >= 0.6 is 0 Å². The Morgan fingerprint density at radius 1 is 1.15 bits per heavy atom. The van der Waals surface area contributed by atoms with Crippen molar-refractivity contribution >= 4 is 15.6 Å². The van der Waals surface area contributed by atoms with Crippen molar-refractivity contribution in [1.82, 2.24) is 0 Å². The lowest BCUT2D eigenvalue weighted by atomic mass is 9.83. The van der Waals surface area contributed by atoms with Crippen molar-refractivity contribution in [2.45, 2.75) is 35.5 Å². The average molecular weight is 292 g/mol. The summed E-state index contributed by atoms with van der Waals surface area (Å²) >= 11 is 0. The molecule has 0 aliphatic heterocycles. The van der Waals surface area contributed by atoms with Crippen molar-refractivity contribution in [2.75, 3.05) is 0 Å². The van der Waals surface area contributed by atoms with Gasteiger partial charge in [-0.3, -0.25) is 4.79 Å². The molecule has 3 atom stereocenters. The van der Waals surface area contributed by atoms with Crippen LogP contribution in [-0.2, 0) is 14.6 Å². The van der Waals surface area contributed by atoms with Crippen LogP contribution in [0.3, 0.4) is 0 Å². The molecule has 5 heteroatoms. The number of fused-ring (bicyclic) bond motifs is 1. The molecule has 0 amide bonds. The molecule has 1 saturated carbocycles. The zero-order valence-corrected chi connectivity index (χ0v) is 11.7. The number of carbonyl (C=O) groups is 1. The van der Waals surface area contributed by atoms with E-state index in [4.69, 9.17) is 0 Å². The Morgan fingerprint density at radius 3 is 2.55 bits per heavy atom. The van der Waals surface area contributed by atoms with Crippen molar-refractivity contribution < 1.29 is 18.3 Å².